The van der Waals surface area contributed by atoms with Gasteiger partial charge in [0, 0.05) is 5.69 Å². The quantitative estimate of drug-likeness (QED) is 0.494. The fourth-order valence-electron chi connectivity index (χ4n) is 3.02. The number of rotatable bonds is 6. The van der Waals surface area contributed by atoms with E-state index in [1.807, 2.05) is 56.4 Å². The first kappa shape index (κ1) is 19.2. The van der Waals surface area contributed by atoms with Crippen LogP contribution in [-0.2, 0) is 6.54 Å². The normalized spacial score (nSPS) is 12.4. The van der Waals surface area contributed by atoms with E-state index in [1.165, 1.54) is 4.70 Å². The van der Waals surface area contributed by atoms with E-state index in [0.29, 0.717) is 18.3 Å². The van der Waals surface area contributed by atoms with Gasteiger partial charge in [-0.05, 0) is 44.7 Å². The Morgan fingerprint density at radius 1 is 1.03 bits per heavy atom. The number of hydrogen-bond acceptors (Lipinski definition) is 8. The molecule has 0 saturated carbocycles. The van der Waals surface area contributed by atoms with Crippen LogP contribution in [0.25, 0.3) is 10.2 Å². The summed E-state index contributed by atoms with van der Waals surface area (Å²) in [5.41, 5.74) is 9.01. The number of aryl methyl sites for hydroxylation is 1. The lowest BCUT2D eigenvalue weighted by molar-refractivity contribution is 0.246. The molecule has 0 bridgehead atoms. The summed E-state index contributed by atoms with van der Waals surface area (Å²) in [6.07, 6.45) is 0. The Bertz CT molecular complexity index is 1110. The Balaban J connectivity index is 1.52. The highest BCUT2D eigenvalue weighted by atomic mass is 32.1. The third-order valence-corrected chi connectivity index (χ3v) is 6.02. The monoisotopic (exact) mass is 405 g/mol. The van der Waals surface area contributed by atoms with Crippen molar-refractivity contribution in [1.29, 1.82) is 0 Å². The molecule has 0 amide bonds. The zero-order chi connectivity index (χ0) is 20.4. The fraction of sp³-hybridized carbons (Fsp3) is 0.238. The van der Waals surface area contributed by atoms with Crippen LogP contribution in [0.2, 0.25) is 0 Å². The number of anilines is 3. The van der Waals surface area contributed by atoms with Crippen LogP contribution in [0, 0.1) is 6.92 Å². The molecule has 2 aromatic heterocycles. The van der Waals surface area contributed by atoms with Gasteiger partial charge in [-0.15, -0.1) is 11.3 Å². The molecule has 148 valence electrons. The maximum Gasteiger partial charge on any atom is 0.232 e. The molecule has 0 aliphatic heterocycles. The second-order valence-corrected chi connectivity index (χ2v) is 8.05. The molecule has 0 saturated heterocycles. The molecule has 8 heteroatoms. The lowest BCUT2D eigenvalue weighted by Gasteiger charge is -2.22. The number of benzene rings is 2. The van der Waals surface area contributed by atoms with E-state index in [4.69, 9.17) is 10.7 Å². The topological polar surface area (TPSA) is 92.8 Å². The molecule has 0 radical (unpaired) electrons. The predicted molar refractivity (Wildman–Crippen MR) is 118 cm³/mol. The van der Waals surface area contributed by atoms with Crippen LogP contribution in [0.4, 0.5) is 17.6 Å². The fourth-order valence-corrected chi connectivity index (χ4v) is 4.10. The number of nitrogen functional groups attached to an aromatic ring is 1. The molecule has 1 atom stereocenters. The van der Waals surface area contributed by atoms with E-state index in [2.05, 4.69) is 38.2 Å². The SMILES string of the molecule is Cc1ccccc1Nc1nc(N)nc(CN(C)[C@H](C)c2nc3ccccc3s2)n1. The van der Waals surface area contributed by atoms with Crippen LogP contribution in [0.1, 0.15) is 29.4 Å². The summed E-state index contributed by atoms with van der Waals surface area (Å²) in [5.74, 6) is 1.26. The van der Waals surface area contributed by atoms with Gasteiger partial charge in [-0.2, -0.15) is 15.0 Å². The van der Waals surface area contributed by atoms with Crippen molar-refractivity contribution in [3.05, 3.63) is 64.9 Å². The average Bonchev–Trinajstić information content (AvgIpc) is 3.13. The van der Waals surface area contributed by atoms with Crippen molar-refractivity contribution in [2.45, 2.75) is 26.4 Å². The van der Waals surface area contributed by atoms with Crippen LogP contribution in [0.3, 0.4) is 0 Å². The highest BCUT2D eigenvalue weighted by molar-refractivity contribution is 7.18. The zero-order valence-electron chi connectivity index (χ0n) is 16.6. The first-order valence-electron chi connectivity index (χ1n) is 9.38. The predicted octanol–water partition coefficient (Wildman–Crippen LogP) is 4.31. The smallest absolute Gasteiger partial charge is 0.232 e. The van der Waals surface area contributed by atoms with Gasteiger partial charge in [0.2, 0.25) is 11.9 Å². The van der Waals surface area contributed by atoms with Gasteiger partial charge in [0.25, 0.3) is 0 Å². The van der Waals surface area contributed by atoms with E-state index in [0.717, 1.165) is 21.8 Å². The number of nitrogens with one attached hydrogen (secondary N) is 1. The standard InChI is InChI=1S/C21H23N7S/c1-13-8-4-5-9-15(13)24-21-26-18(25-20(22)27-21)12-28(3)14(2)19-23-16-10-6-7-11-17(16)29-19/h4-11,14H,12H2,1-3H3,(H3,22,24,25,26,27)/t14-/m1/s1. The summed E-state index contributed by atoms with van der Waals surface area (Å²) in [6.45, 7) is 4.70. The minimum atomic E-state index is 0.123. The second-order valence-electron chi connectivity index (χ2n) is 6.98. The first-order chi connectivity index (χ1) is 14.0. The lowest BCUT2D eigenvalue weighted by Crippen LogP contribution is -2.23. The molecule has 7 nitrogen and oxygen atoms in total. The molecule has 4 aromatic rings. The van der Waals surface area contributed by atoms with E-state index < -0.39 is 0 Å². The second kappa shape index (κ2) is 8.10. The number of nitrogens with zero attached hydrogens (tertiary/aromatic N) is 5. The van der Waals surface area contributed by atoms with Crippen LogP contribution >= 0.6 is 11.3 Å². The Morgan fingerprint density at radius 3 is 2.59 bits per heavy atom. The summed E-state index contributed by atoms with van der Waals surface area (Å²) >= 11 is 1.71. The van der Waals surface area contributed by atoms with Gasteiger partial charge >= 0.3 is 0 Å². The number of aromatic nitrogens is 4. The van der Waals surface area contributed by atoms with Gasteiger partial charge in [0.15, 0.2) is 0 Å². The Kier molecular flexibility index (Phi) is 5.37. The third-order valence-electron chi connectivity index (χ3n) is 4.81. The number of para-hydroxylation sites is 2. The van der Waals surface area contributed by atoms with Crippen molar-refractivity contribution in [2.75, 3.05) is 18.1 Å². The van der Waals surface area contributed by atoms with Crippen molar-refractivity contribution in [2.24, 2.45) is 0 Å². The van der Waals surface area contributed by atoms with Crippen molar-refractivity contribution in [3.63, 3.8) is 0 Å². The first-order valence-corrected chi connectivity index (χ1v) is 10.2. The molecule has 0 spiro atoms. The average molecular weight is 406 g/mol. The minimum absolute atomic E-state index is 0.123. The third kappa shape index (κ3) is 4.33. The minimum Gasteiger partial charge on any atom is -0.368 e. The number of fused-ring (bicyclic) bond motifs is 1. The molecule has 0 fully saturated rings. The lowest BCUT2D eigenvalue weighted by atomic mass is 10.2. The van der Waals surface area contributed by atoms with Gasteiger partial charge in [-0.25, -0.2) is 4.98 Å². The van der Waals surface area contributed by atoms with Crippen molar-refractivity contribution in [1.82, 2.24) is 24.8 Å². The molecule has 2 heterocycles. The number of thiazole rings is 1. The van der Waals surface area contributed by atoms with E-state index in [9.17, 15) is 0 Å². The maximum atomic E-state index is 5.93. The number of nitrogens with two attached hydrogens (primary N) is 1. The van der Waals surface area contributed by atoms with Gasteiger partial charge in [-0.1, -0.05) is 30.3 Å². The summed E-state index contributed by atoms with van der Waals surface area (Å²) < 4.78 is 1.19. The van der Waals surface area contributed by atoms with Crippen molar-refractivity contribution < 1.29 is 0 Å². The van der Waals surface area contributed by atoms with Crippen LogP contribution < -0.4 is 11.1 Å². The van der Waals surface area contributed by atoms with Crippen LogP contribution in [-0.4, -0.2) is 31.9 Å². The molecule has 0 aliphatic carbocycles. The van der Waals surface area contributed by atoms with Crippen LogP contribution in [0.15, 0.2) is 48.5 Å². The van der Waals surface area contributed by atoms with Crippen molar-refractivity contribution in [3.8, 4) is 0 Å². The molecule has 29 heavy (non-hydrogen) atoms. The number of hydrogen-bond donors (Lipinski definition) is 2. The van der Waals surface area contributed by atoms with Gasteiger partial charge < -0.3 is 11.1 Å². The van der Waals surface area contributed by atoms with Gasteiger partial charge in [0.05, 0.1) is 22.8 Å². The summed E-state index contributed by atoms with van der Waals surface area (Å²) in [6, 6.07) is 16.3. The Labute approximate surface area is 173 Å². The van der Waals surface area contributed by atoms with E-state index in [1.54, 1.807) is 11.3 Å². The van der Waals surface area contributed by atoms with Gasteiger partial charge in [-0.3, -0.25) is 4.90 Å². The maximum absolute atomic E-state index is 5.93. The van der Waals surface area contributed by atoms with Crippen molar-refractivity contribution >= 4 is 39.1 Å². The summed E-state index contributed by atoms with van der Waals surface area (Å²) in [5, 5.41) is 4.30. The summed E-state index contributed by atoms with van der Waals surface area (Å²) in [7, 11) is 2.03. The molecular weight excluding hydrogens is 382 g/mol. The van der Waals surface area contributed by atoms with Gasteiger partial charge in [0.1, 0.15) is 10.8 Å². The Hall–Kier alpha value is -3.10. The highest BCUT2D eigenvalue weighted by Gasteiger charge is 2.18. The Morgan fingerprint density at radius 2 is 1.79 bits per heavy atom. The summed E-state index contributed by atoms with van der Waals surface area (Å²) in [4.78, 5) is 20.0. The molecule has 4 rings (SSSR count). The largest absolute Gasteiger partial charge is 0.368 e. The molecule has 0 aliphatic rings. The van der Waals surface area contributed by atoms with Crippen LogP contribution in [0.5, 0.6) is 0 Å². The van der Waals surface area contributed by atoms with E-state index >= 15 is 0 Å². The zero-order valence-corrected chi connectivity index (χ0v) is 17.4. The molecule has 0 unspecified atom stereocenters. The molecule has 3 N–H and O–H groups in total. The molecule has 2 aromatic carbocycles. The van der Waals surface area contributed by atoms with E-state index in [-0.39, 0.29) is 12.0 Å². The highest BCUT2D eigenvalue weighted by Crippen LogP contribution is 2.29. The molecular formula is C21H23N7S.